The molecule has 1 amide bonds. The average Bonchev–Trinajstić information content (AvgIpc) is 3.13. The van der Waals surface area contributed by atoms with Gasteiger partial charge in [0.05, 0.1) is 6.04 Å². The zero-order chi connectivity index (χ0) is 15.7. The lowest BCUT2D eigenvalue weighted by Crippen LogP contribution is -2.29. The maximum Gasteiger partial charge on any atom is 0.275 e. The zero-order valence-electron chi connectivity index (χ0n) is 12.2. The number of pyridine rings is 1. The fourth-order valence-corrected chi connectivity index (χ4v) is 3.01. The first-order valence-electron chi connectivity index (χ1n) is 6.94. The van der Waals surface area contributed by atoms with Crippen LogP contribution in [0.15, 0.2) is 29.9 Å². The highest BCUT2D eigenvalue weighted by Crippen LogP contribution is 2.20. The number of rotatable bonds is 4. The van der Waals surface area contributed by atoms with Crippen molar-refractivity contribution in [2.75, 3.05) is 0 Å². The summed E-state index contributed by atoms with van der Waals surface area (Å²) in [6, 6.07) is 3.26. The molecule has 0 saturated heterocycles. The molecular weight excluding hydrogens is 303 g/mol. The molecule has 1 atom stereocenters. The maximum absolute atomic E-state index is 14.3. The molecule has 3 rings (SSSR count). The molecule has 0 aromatic carbocycles. The van der Waals surface area contributed by atoms with Crippen molar-refractivity contribution < 1.29 is 9.18 Å². The van der Waals surface area contributed by atoms with Crippen molar-refractivity contribution >= 4 is 22.9 Å². The average molecular weight is 318 g/mol. The van der Waals surface area contributed by atoms with Crippen molar-refractivity contribution in [3.63, 3.8) is 0 Å². The minimum atomic E-state index is -0.651. The number of aryl methyl sites for hydroxylation is 1. The highest BCUT2D eigenvalue weighted by Gasteiger charge is 2.22. The molecule has 0 radical (unpaired) electrons. The third-order valence-corrected chi connectivity index (χ3v) is 4.29. The number of fused-ring (bicyclic) bond motifs is 1. The molecule has 0 aliphatic heterocycles. The van der Waals surface area contributed by atoms with Crippen LogP contribution in [0.3, 0.4) is 0 Å². The predicted molar refractivity (Wildman–Crippen MR) is 82.5 cm³/mol. The second kappa shape index (κ2) is 5.84. The molecule has 0 fully saturated rings. The van der Waals surface area contributed by atoms with Gasteiger partial charge in [0.1, 0.15) is 10.7 Å². The van der Waals surface area contributed by atoms with E-state index in [1.807, 2.05) is 19.2 Å². The van der Waals surface area contributed by atoms with Gasteiger partial charge in [-0.1, -0.05) is 6.92 Å². The second-order valence-electron chi connectivity index (χ2n) is 4.99. The van der Waals surface area contributed by atoms with Crippen LogP contribution >= 0.6 is 11.3 Å². The molecule has 0 saturated carbocycles. The van der Waals surface area contributed by atoms with Gasteiger partial charge >= 0.3 is 0 Å². The van der Waals surface area contributed by atoms with E-state index in [0.29, 0.717) is 12.1 Å². The van der Waals surface area contributed by atoms with Crippen LogP contribution in [0.1, 0.15) is 40.4 Å². The van der Waals surface area contributed by atoms with E-state index in [4.69, 9.17) is 0 Å². The van der Waals surface area contributed by atoms with Crippen LogP contribution in [0, 0.1) is 12.9 Å². The van der Waals surface area contributed by atoms with Crippen molar-refractivity contribution in [2.45, 2.75) is 26.3 Å². The Morgan fingerprint density at radius 3 is 3.05 bits per heavy atom. The molecule has 5 nitrogen and oxygen atoms in total. The summed E-state index contributed by atoms with van der Waals surface area (Å²) in [5.41, 5.74) is 1.18. The van der Waals surface area contributed by atoms with Crippen LogP contribution in [0.4, 0.5) is 4.39 Å². The number of aromatic nitrogens is 3. The summed E-state index contributed by atoms with van der Waals surface area (Å²) in [6.07, 6.45) is 3.93. The monoisotopic (exact) mass is 318 g/mol. The molecule has 0 aliphatic rings. The van der Waals surface area contributed by atoms with Crippen LogP contribution in [-0.4, -0.2) is 20.3 Å². The number of thiazole rings is 1. The highest BCUT2D eigenvalue weighted by atomic mass is 32.1. The summed E-state index contributed by atoms with van der Waals surface area (Å²) in [5, 5.41) is 5.44. The largest absolute Gasteiger partial charge is 0.341 e. The summed E-state index contributed by atoms with van der Waals surface area (Å²) in [7, 11) is 0. The third kappa shape index (κ3) is 2.59. The molecule has 0 spiro atoms. The molecule has 3 heterocycles. The summed E-state index contributed by atoms with van der Waals surface area (Å²) in [5.74, 6) is -1.18. The van der Waals surface area contributed by atoms with Crippen molar-refractivity contribution in [1.29, 1.82) is 0 Å². The van der Waals surface area contributed by atoms with E-state index in [1.165, 1.54) is 15.7 Å². The van der Waals surface area contributed by atoms with Gasteiger partial charge < -0.3 is 5.32 Å². The minimum Gasteiger partial charge on any atom is -0.341 e. The quantitative estimate of drug-likeness (QED) is 0.804. The Kier molecular flexibility index (Phi) is 3.89. The molecule has 22 heavy (non-hydrogen) atoms. The molecule has 114 valence electrons. The molecular formula is C15H15FN4OS. The lowest BCUT2D eigenvalue weighted by Gasteiger charge is -2.13. The number of hydrogen-bond acceptors (Lipinski definition) is 4. The van der Waals surface area contributed by atoms with Crippen molar-refractivity contribution in [3.8, 4) is 0 Å². The Labute approximate surface area is 130 Å². The Hall–Kier alpha value is -2.28. The molecule has 7 heteroatoms. The molecule has 3 aromatic rings. The Morgan fingerprint density at radius 2 is 2.36 bits per heavy atom. The number of halogens is 1. The highest BCUT2D eigenvalue weighted by molar-refractivity contribution is 7.09. The first-order valence-corrected chi connectivity index (χ1v) is 7.82. The molecule has 0 aliphatic carbocycles. The van der Waals surface area contributed by atoms with Crippen molar-refractivity contribution in [3.05, 3.63) is 52.1 Å². The molecule has 1 N–H and O–H groups in total. The van der Waals surface area contributed by atoms with Crippen LogP contribution in [-0.2, 0) is 0 Å². The molecule has 0 unspecified atom stereocenters. The van der Waals surface area contributed by atoms with Gasteiger partial charge in [-0.25, -0.2) is 9.97 Å². The summed E-state index contributed by atoms with van der Waals surface area (Å²) in [6.45, 7) is 3.83. The maximum atomic E-state index is 14.3. The number of imidazole rings is 1. The zero-order valence-corrected chi connectivity index (χ0v) is 13.0. The summed E-state index contributed by atoms with van der Waals surface area (Å²) in [4.78, 5) is 20.6. The van der Waals surface area contributed by atoms with Gasteiger partial charge in [-0.15, -0.1) is 11.3 Å². The smallest absolute Gasteiger partial charge is 0.275 e. The topological polar surface area (TPSA) is 59.3 Å². The fraction of sp³-hybridized carbons (Fsp3) is 0.267. The third-order valence-electron chi connectivity index (χ3n) is 3.40. The van der Waals surface area contributed by atoms with Crippen molar-refractivity contribution in [2.24, 2.45) is 0 Å². The Bertz CT molecular complexity index is 812. The van der Waals surface area contributed by atoms with Gasteiger partial charge in [0.15, 0.2) is 5.69 Å². The lowest BCUT2D eigenvalue weighted by molar-refractivity contribution is 0.0926. The van der Waals surface area contributed by atoms with E-state index in [1.54, 1.807) is 24.5 Å². The van der Waals surface area contributed by atoms with Crippen LogP contribution in [0.5, 0.6) is 0 Å². The summed E-state index contributed by atoms with van der Waals surface area (Å²) < 4.78 is 15.6. The van der Waals surface area contributed by atoms with Crippen LogP contribution in [0.25, 0.3) is 5.65 Å². The van der Waals surface area contributed by atoms with Gasteiger partial charge in [-0.2, -0.15) is 4.39 Å². The van der Waals surface area contributed by atoms with E-state index in [0.717, 1.165) is 10.6 Å². The summed E-state index contributed by atoms with van der Waals surface area (Å²) >= 11 is 1.46. The molecule has 3 aromatic heterocycles. The number of carbonyl (C=O) groups excluding carboxylic acids is 1. The van der Waals surface area contributed by atoms with Gasteiger partial charge in [0.25, 0.3) is 5.91 Å². The van der Waals surface area contributed by atoms with E-state index in [-0.39, 0.29) is 11.7 Å². The van der Waals surface area contributed by atoms with E-state index in [9.17, 15) is 9.18 Å². The van der Waals surface area contributed by atoms with Gasteiger partial charge in [-0.3, -0.25) is 9.20 Å². The van der Waals surface area contributed by atoms with Crippen molar-refractivity contribution in [1.82, 2.24) is 19.7 Å². The number of carbonyl (C=O) groups is 1. The SMILES string of the molecule is CC[C@H](NC(=O)c1nc2cc(C)ccn2c1F)c1nccs1. The van der Waals surface area contributed by atoms with Crippen LogP contribution in [0.2, 0.25) is 0 Å². The van der Waals surface area contributed by atoms with Gasteiger partial charge in [0, 0.05) is 17.8 Å². The van der Waals surface area contributed by atoms with E-state index < -0.39 is 11.9 Å². The number of hydrogen-bond donors (Lipinski definition) is 1. The fourth-order valence-electron chi connectivity index (χ4n) is 2.23. The first-order chi connectivity index (χ1) is 10.6. The number of nitrogens with one attached hydrogen (secondary N) is 1. The van der Waals surface area contributed by atoms with E-state index >= 15 is 0 Å². The van der Waals surface area contributed by atoms with Crippen LogP contribution < -0.4 is 5.32 Å². The lowest BCUT2D eigenvalue weighted by atomic mass is 10.2. The first kappa shape index (κ1) is 14.6. The number of nitrogens with zero attached hydrogens (tertiary/aromatic N) is 3. The Morgan fingerprint density at radius 1 is 1.55 bits per heavy atom. The second-order valence-corrected chi connectivity index (χ2v) is 5.91. The number of amides is 1. The predicted octanol–water partition coefficient (Wildman–Crippen LogP) is 3.12. The van der Waals surface area contributed by atoms with Gasteiger partial charge in [-0.05, 0) is 31.0 Å². The normalized spacial score (nSPS) is 12.5. The standard InChI is InChI=1S/C15H15FN4OS/c1-3-10(15-17-5-7-22-15)18-14(21)12-13(16)20-6-4-9(2)8-11(20)19-12/h4-8,10H,3H2,1-2H3,(H,18,21)/t10-/m0/s1. The minimum absolute atomic E-state index is 0.194. The Balaban J connectivity index is 1.90. The van der Waals surface area contributed by atoms with E-state index in [2.05, 4.69) is 15.3 Å². The van der Waals surface area contributed by atoms with Gasteiger partial charge in [0.2, 0.25) is 5.95 Å². The molecule has 0 bridgehead atoms.